The predicted octanol–water partition coefficient (Wildman–Crippen LogP) is 1.08. The Morgan fingerprint density at radius 2 is 2.13 bits per heavy atom. The molecule has 15 heavy (non-hydrogen) atoms. The van der Waals surface area contributed by atoms with Crippen molar-refractivity contribution in [3.8, 4) is 0 Å². The Hall–Kier alpha value is -0.820. The Balaban J connectivity index is 2.40. The molecule has 2 N–H and O–H groups in total. The van der Waals surface area contributed by atoms with Crippen LogP contribution in [0.4, 0.5) is 5.13 Å². The lowest BCUT2D eigenvalue weighted by Crippen LogP contribution is -2.31. The van der Waals surface area contributed by atoms with Gasteiger partial charge in [-0.2, -0.15) is 0 Å². The summed E-state index contributed by atoms with van der Waals surface area (Å²) in [7, 11) is 0. The molecule has 1 aromatic rings. The third-order valence-electron chi connectivity index (χ3n) is 1.86. The highest BCUT2D eigenvalue weighted by Crippen LogP contribution is 2.23. The van der Waals surface area contributed by atoms with E-state index in [0.717, 1.165) is 17.4 Å². The molecule has 0 saturated carbocycles. The van der Waals surface area contributed by atoms with E-state index >= 15 is 0 Å². The molecule has 1 aromatic heterocycles. The topological polar surface area (TPSA) is 72.1 Å². The fourth-order valence-corrected chi connectivity index (χ4v) is 2.61. The van der Waals surface area contributed by atoms with Crippen molar-refractivity contribution in [2.24, 2.45) is 0 Å². The van der Waals surface area contributed by atoms with Gasteiger partial charge in [-0.15, -0.1) is 10.2 Å². The van der Waals surface area contributed by atoms with Gasteiger partial charge in [0.05, 0.1) is 5.75 Å². The maximum atomic E-state index is 11.6. The van der Waals surface area contributed by atoms with Crippen molar-refractivity contribution < 1.29 is 4.79 Å². The van der Waals surface area contributed by atoms with Crippen molar-refractivity contribution in [3.05, 3.63) is 0 Å². The predicted molar refractivity (Wildman–Crippen MR) is 63.0 cm³/mol. The van der Waals surface area contributed by atoms with Gasteiger partial charge in [-0.05, 0) is 13.8 Å². The first-order valence-electron chi connectivity index (χ1n) is 4.66. The monoisotopic (exact) mass is 246 g/mol. The Bertz CT molecular complexity index is 324. The Morgan fingerprint density at radius 3 is 2.60 bits per heavy atom. The molecule has 0 bridgehead atoms. The SMILES string of the molecule is CCN(CC)C(=O)CSc1nnc(N)s1. The van der Waals surface area contributed by atoms with Crippen molar-refractivity contribution in [1.82, 2.24) is 15.1 Å². The Morgan fingerprint density at radius 1 is 1.47 bits per heavy atom. The molecule has 84 valence electrons. The maximum absolute atomic E-state index is 11.6. The number of hydrogen-bond donors (Lipinski definition) is 1. The third kappa shape index (κ3) is 3.67. The average Bonchev–Trinajstić information content (AvgIpc) is 2.63. The van der Waals surface area contributed by atoms with Crippen LogP contribution in [0, 0.1) is 0 Å². The number of hydrogen-bond acceptors (Lipinski definition) is 6. The van der Waals surface area contributed by atoms with Gasteiger partial charge >= 0.3 is 0 Å². The molecular weight excluding hydrogens is 232 g/mol. The lowest BCUT2D eigenvalue weighted by atomic mass is 10.5. The van der Waals surface area contributed by atoms with Crippen LogP contribution in [0.3, 0.4) is 0 Å². The van der Waals surface area contributed by atoms with Crippen molar-refractivity contribution in [2.45, 2.75) is 18.2 Å². The fourth-order valence-electron chi connectivity index (χ4n) is 1.07. The normalized spacial score (nSPS) is 10.3. The largest absolute Gasteiger partial charge is 0.374 e. The second kappa shape index (κ2) is 5.92. The zero-order valence-electron chi connectivity index (χ0n) is 8.77. The van der Waals surface area contributed by atoms with Gasteiger partial charge in [0.1, 0.15) is 0 Å². The van der Waals surface area contributed by atoms with Crippen LogP contribution in [-0.4, -0.2) is 39.8 Å². The van der Waals surface area contributed by atoms with Crippen LogP contribution in [-0.2, 0) is 4.79 Å². The first-order chi connectivity index (χ1) is 7.17. The number of nitrogens with two attached hydrogens (primary N) is 1. The molecule has 0 aromatic carbocycles. The summed E-state index contributed by atoms with van der Waals surface area (Å²) in [6, 6.07) is 0. The van der Waals surface area contributed by atoms with Crippen LogP contribution in [0.1, 0.15) is 13.8 Å². The summed E-state index contributed by atoms with van der Waals surface area (Å²) in [5, 5.41) is 7.95. The minimum absolute atomic E-state index is 0.124. The van der Waals surface area contributed by atoms with Crippen molar-refractivity contribution in [2.75, 3.05) is 24.6 Å². The summed E-state index contributed by atoms with van der Waals surface area (Å²) in [4.78, 5) is 13.4. The zero-order valence-corrected chi connectivity index (χ0v) is 10.4. The lowest BCUT2D eigenvalue weighted by molar-refractivity contribution is -0.127. The van der Waals surface area contributed by atoms with E-state index in [4.69, 9.17) is 5.73 Å². The molecule has 0 radical (unpaired) electrons. The van der Waals surface area contributed by atoms with E-state index in [1.54, 1.807) is 4.90 Å². The number of carbonyl (C=O) groups is 1. The van der Waals surface area contributed by atoms with Gasteiger partial charge in [-0.25, -0.2) is 0 Å². The summed E-state index contributed by atoms with van der Waals surface area (Å²) in [6.45, 7) is 5.42. The second-order valence-corrected chi connectivity index (χ2v) is 4.99. The van der Waals surface area contributed by atoms with Crippen LogP contribution >= 0.6 is 23.1 Å². The van der Waals surface area contributed by atoms with Gasteiger partial charge in [-0.1, -0.05) is 23.1 Å². The molecule has 1 rings (SSSR count). The molecule has 0 aliphatic rings. The molecule has 0 fully saturated rings. The highest BCUT2D eigenvalue weighted by atomic mass is 32.2. The van der Waals surface area contributed by atoms with E-state index < -0.39 is 0 Å². The van der Waals surface area contributed by atoms with Crippen molar-refractivity contribution in [3.63, 3.8) is 0 Å². The summed E-state index contributed by atoms with van der Waals surface area (Å²) >= 11 is 2.69. The smallest absolute Gasteiger partial charge is 0.233 e. The Labute approximate surface area is 97.1 Å². The summed E-state index contributed by atoms with van der Waals surface area (Å²) < 4.78 is 0.744. The van der Waals surface area contributed by atoms with Gasteiger partial charge in [0, 0.05) is 13.1 Å². The molecule has 0 spiro atoms. The first-order valence-corrected chi connectivity index (χ1v) is 6.47. The first kappa shape index (κ1) is 12.3. The summed E-state index contributed by atoms with van der Waals surface area (Å²) in [5.41, 5.74) is 5.43. The van der Waals surface area contributed by atoms with E-state index in [0.29, 0.717) is 10.9 Å². The molecule has 0 atom stereocenters. The minimum Gasteiger partial charge on any atom is -0.374 e. The molecule has 1 heterocycles. The number of aromatic nitrogens is 2. The number of nitrogens with zero attached hydrogens (tertiary/aromatic N) is 3. The molecular formula is C8H14N4OS2. The van der Waals surface area contributed by atoms with Crippen LogP contribution in [0.2, 0.25) is 0 Å². The van der Waals surface area contributed by atoms with Crippen LogP contribution in [0.25, 0.3) is 0 Å². The Kier molecular flexibility index (Phi) is 4.83. The molecule has 0 saturated heterocycles. The number of amides is 1. The number of carbonyl (C=O) groups excluding carboxylic acids is 1. The van der Waals surface area contributed by atoms with E-state index in [1.807, 2.05) is 13.8 Å². The van der Waals surface area contributed by atoms with Gasteiger partial charge < -0.3 is 10.6 Å². The number of rotatable bonds is 5. The highest BCUT2D eigenvalue weighted by molar-refractivity contribution is 8.01. The summed E-state index contributed by atoms with van der Waals surface area (Å²) in [6.07, 6.45) is 0. The molecule has 0 aliphatic heterocycles. The number of anilines is 1. The van der Waals surface area contributed by atoms with E-state index in [9.17, 15) is 4.79 Å². The quantitative estimate of drug-likeness (QED) is 0.787. The van der Waals surface area contributed by atoms with Gasteiger partial charge in [0.25, 0.3) is 0 Å². The minimum atomic E-state index is 0.124. The average molecular weight is 246 g/mol. The zero-order chi connectivity index (χ0) is 11.3. The molecule has 0 aliphatic carbocycles. The molecule has 1 amide bonds. The number of thioether (sulfide) groups is 1. The van der Waals surface area contributed by atoms with E-state index in [-0.39, 0.29) is 5.91 Å². The van der Waals surface area contributed by atoms with Gasteiger partial charge in [-0.3, -0.25) is 4.79 Å². The van der Waals surface area contributed by atoms with Crippen LogP contribution in [0.5, 0.6) is 0 Å². The number of nitrogen functional groups attached to an aromatic ring is 1. The fraction of sp³-hybridized carbons (Fsp3) is 0.625. The maximum Gasteiger partial charge on any atom is 0.233 e. The van der Waals surface area contributed by atoms with Crippen LogP contribution in [0.15, 0.2) is 4.34 Å². The van der Waals surface area contributed by atoms with Crippen LogP contribution < -0.4 is 5.73 Å². The van der Waals surface area contributed by atoms with E-state index in [2.05, 4.69) is 10.2 Å². The van der Waals surface area contributed by atoms with Gasteiger partial charge in [0.2, 0.25) is 11.0 Å². The summed E-state index contributed by atoms with van der Waals surface area (Å²) in [5.74, 6) is 0.523. The third-order valence-corrected chi connectivity index (χ3v) is 3.73. The second-order valence-electron chi connectivity index (χ2n) is 2.76. The lowest BCUT2D eigenvalue weighted by Gasteiger charge is -2.17. The van der Waals surface area contributed by atoms with E-state index in [1.165, 1.54) is 23.1 Å². The highest BCUT2D eigenvalue weighted by Gasteiger charge is 2.11. The standard InChI is InChI=1S/C8H14N4OS2/c1-3-12(4-2)6(13)5-14-8-11-10-7(9)15-8/h3-5H2,1-2H3,(H2,9,10). The molecule has 7 heteroatoms. The van der Waals surface area contributed by atoms with Crippen molar-refractivity contribution in [1.29, 1.82) is 0 Å². The van der Waals surface area contributed by atoms with Crippen molar-refractivity contribution >= 4 is 34.1 Å². The molecule has 5 nitrogen and oxygen atoms in total. The molecule has 0 unspecified atom stereocenters. The van der Waals surface area contributed by atoms with Gasteiger partial charge in [0.15, 0.2) is 4.34 Å².